The highest BCUT2D eigenvalue weighted by molar-refractivity contribution is 5.73. The zero-order valence-corrected chi connectivity index (χ0v) is 16.9. The minimum absolute atomic E-state index is 0.128. The number of hydrogen-bond acceptors (Lipinski definition) is 5. The number of piperidine rings is 1. The van der Waals surface area contributed by atoms with Gasteiger partial charge in [-0.1, -0.05) is 6.07 Å². The lowest BCUT2D eigenvalue weighted by Crippen LogP contribution is -2.57. The highest BCUT2D eigenvalue weighted by Gasteiger charge is 2.32. The predicted octanol–water partition coefficient (Wildman–Crippen LogP) is 1.71. The molecular formula is C21H32FN3O3. The van der Waals surface area contributed by atoms with Crippen LogP contribution in [0.2, 0.25) is 0 Å². The number of aliphatic hydroxyl groups is 1. The first kappa shape index (κ1) is 21.0. The van der Waals surface area contributed by atoms with Crippen LogP contribution in [0.3, 0.4) is 0 Å². The normalized spacial score (nSPS) is 22.4. The van der Waals surface area contributed by atoms with Gasteiger partial charge in [0.05, 0.1) is 7.11 Å². The summed E-state index contributed by atoms with van der Waals surface area (Å²) in [4.78, 5) is 18.2. The first-order valence-electron chi connectivity index (χ1n) is 10.2. The summed E-state index contributed by atoms with van der Waals surface area (Å²) in [5.74, 6) is 0.430. The molecule has 1 atom stereocenters. The van der Waals surface area contributed by atoms with Crippen molar-refractivity contribution < 1.29 is 19.0 Å². The molecule has 1 unspecified atom stereocenters. The largest absolute Gasteiger partial charge is 0.497 e. The number of ether oxygens (including phenoxy) is 1. The van der Waals surface area contributed by atoms with Gasteiger partial charge < -0.3 is 14.7 Å². The molecule has 2 aliphatic rings. The lowest BCUT2D eigenvalue weighted by Gasteiger charge is -2.46. The molecule has 0 bridgehead atoms. The van der Waals surface area contributed by atoms with Crippen LogP contribution in [-0.4, -0.2) is 84.2 Å². The van der Waals surface area contributed by atoms with Crippen molar-refractivity contribution in [2.45, 2.75) is 44.8 Å². The zero-order chi connectivity index (χ0) is 20.1. The van der Waals surface area contributed by atoms with E-state index in [-0.39, 0.29) is 24.4 Å². The minimum Gasteiger partial charge on any atom is -0.497 e. The fourth-order valence-electron chi connectivity index (χ4n) is 4.43. The fourth-order valence-corrected chi connectivity index (χ4v) is 4.43. The van der Waals surface area contributed by atoms with Crippen LogP contribution >= 0.6 is 0 Å². The quantitative estimate of drug-likeness (QED) is 0.798. The Kier molecular flexibility index (Phi) is 7.26. The van der Waals surface area contributed by atoms with E-state index in [9.17, 15) is 14.3 Å². The number of carbonyl (C=O) groups is 1. The van der Waals surface area contributed by atoms with Crippen LogP contribution in [0.1, 0.15) is 31.7 Å². The smallest absolute Gasteiger partial charge is 0.219 e. The molecule has 1 N–H and O–H groups in total. The van der Waals surface area contributed by atoms with Gasteiger partial charge in [0.1, 0.15) is 11.6 Å². The number of methoxy groups -OCH3 is 1. The second-order valence-electron chi connectivity index (χ2n) is 7.83. The highest BCUT2D eigenvalue weighted by Crippen LogP contribution is 2.24. The van der Waals surface area contributed by atoms with Crippen molar-refractivity contribution in [1.29, 1.82) is 0 Å². The Morgan fingerprint density at radius 1 is 1.25 bits per heavy atom. The Bertz CT molecular complexity index is 664. The molecule has 2 saturated heterocycles. The van der Waals surface area contributed by atoms with E-state index in [0.717, 1.165) is 45.6 Å². The van der Waals surface area contributed by atoms with Gasteiger partial charge in [0, 0.05) is 76.5 Å². The van der Waals surface area contributed by atoms with Crippen LogP contribution in [0.5, 0.6) is 5.75 Å². The van der Waals surface area contributed by atoms with E-state index in [1.54, 1.807) is 19.1 Å². The topological polar surface area (TPSA) is 56.2 Å². The first-order chi connectivity index (χ1) is 13.5. The van der Waals surface area contributed by atoms with Crippen LogP contribution in [0, 0.1) is 5.82 Å². The maximum Gasteiger partial charge on any atom is 0.219 e. The third-order valence-electron chi connectivity index (χ3n) is 6.16. The van der Waals surface area contributed by atoms with Gasteiger partial charge in [-0.05, 0) is 25.3 Å². The average Bonchev–Trinajstić information content (AvgIpc) is 2.71. The van der Waals surface area contributed by atoms with Gasteiger partial charge >= 0.3 is 0 Å². The van der Waals surface area contributed by atoms with E-state index in [2.05, 4.69) is 9.80 Å². The Hall–Kier alpha value is -1.70. The lowest BCUT2D eigenvalue weighted by atomic mass is 9.99. The molecule has 0 aromatic heterocycles. The van der Waals surface area contributed by atoms with Gasteiger partial charge in [-0.15, -0.1) is 0 Å². The number of likely N-dealkylation sites (tertiary alicyclic amines) is 1. The first-order valence-corrected chi connectivity index (χ1v) is 10.2. The monoisotopic (exact) mass is 393 g/mol. The van der Waals surface area contributed by atoms with E-state index in [1.165, 1.54) is 13.2 Å². The molecule has 6 nitrogen and oxygen atoms in total. The number of amides is 1. The Morgan fingerprint density at radius 3 is 2.61 bits per heavy atom. The number of halogens is 1. The molecule has 0 saturated carbocycles. The van der Waals surface area contributed by atoms with Crippen LogP contribution in [-0.2, 0) is 11.3 Å². The summed E-state index contributed by atoms with van der Waals surface area (Å²) in [6.07, 6.45) is 2.68. The molecular weight excluding hydrogens is 361 g/mol. The summed E-state index contributed by atoms with van der Waals surface area (Å²) in [7, 11) is 1.53. The maximum absolute atomic E-state index is 14.4. The lowest BCUT2D eigenvalue weighted by molar-refractivity contribution is -0.130. The van der Waals surface area contributed by atoms with Gasteiger partial charge in [0.15, 0.2) is 0 Å². The zero-order valence-electron chi connectivity index (χ0n) is 16.9. The fraction of sp³-hybridized carbons (Fsp3) is 0.667. The van der Waals surface area contributed by atoms with E-state index in [0.29, 0.717) is 30.3 Å². The number of benzene rings is 1. The number of hydrogen-bond donors (Lipinski definition) is 1. The third-order valence-corrected chi connectivity index (χ3v) is 6.16. The molecule has 2 fully saturated rings. The summed E-state index contributed by atoms with van der Waals surface area (Å²) in [5, 5.41) is 9.54. The van der Waals surface area contributed by atoms with Crippen molar-refractivity contribution in [3.05, 3.63) is 29.6 Å². The molecule has 2 heterocycles. The number of nitrogens with zero attached hydrogens (tertiary/aromatic N) is 3. The molecule has 0 aliphatic carbocycles. The van der Waals surface area contributed by atoms with Crippen LogP contribution in [0.15, 0.2) is 18.2 Å². The van der Waals surface area contributed by atoms with Crippen molar-refractivity contribution in [2.75, 3.05) is 46.4 Å². The number of piperazine rings is 1. The number of rotatable bonds is 6. The van der Waals surface area contributed by atoms with Gasteiger partial charge in [-0.3, -0.25) is 14.6 Å². The molecule has 0 spiro atoms. The minimum atomic E-state index is -0.249. The van der Waals surface area contributed by atoms with Crippen molar-refractivity contribution in [3.8, 4) is 5.75 Å². The van der Waals surface area contributed by atoms with E-state index in [1.807, 2.05) is 4.90 Å². The van der Waals surface area contributed by atoms with Gasteiger partial charge in [0.2, 0.25) is 5.91 Å². The van der Waals surface area contributed by atoms with Gasteiger partial charge in [-0.2, -0.15) is 0 Å². The third kappa shape index (κ3) is 5.01. The molecule has 0 radical (unpaired) electrons. The standard InChI is InChI=1S/C21H32FN3O3/c1-16(27)23-8-5-18(6-9-23)25-11-10-24(19(15-25)7-12-26)14-17-3-4-20(28-2)13-21(17)22/h3-4,13,18-19,26H,5-12,14-15H2,1-2H3. The molecule has 3 rings (SSSR count). The second kappa shape index (κ2) is 9.67. The molecule has 1 aromatic carbocycles. The SMILES string of the molecule is COc1ccc(CN2CCN(C3CCN(C(C)=O)CC3)CC2CCO)c(F)c1. The van der Waals surface area contributed by atoms with E-state index >= 15 is 0 Å². The molecule has 156 valence electrons. The molecule has 2 aliphatic heterocycles. The van der Waals surface area contributed by atoms with Crippen LogP contribution in [0.4, 0.5) is 4.39 Å². The number of carbonyl (C=O) groups excluding carboxylic acids is 1. The van der Waals surface area contributed by atoms with E-state index < -0.39 is 0 Å². The van der Waals surface area contributed by atoms with Crippen molar-refractivity contribution in [3.63, 3.8) is 0 Å². The second-order valence-corrected chi connectivity index (χ2v) is 7.83. The van der Waals surface area contributed by atoms with Crippen molar-refractivity contribution in [2.24, 2.45) is 0 Å². The van der Waals surface area contributed by atoms with Gasteiger partial charge in [-0.25, -0.2) is 4.39 Å². The molecule has 1 aromatic rings. The molecule has 1 amide bonds. The molecule has 28 heavy (non-hydrogen) atoms. The summed E-state index contributed by atoms with van der Waals surface area (Å²) < 4.78 is 19.5. The van der Waals surface area contributed by atoms with Crippen LogP contribution in [0.25, 0.3) is 0 Å². The summed E-state index contributed by atoms with van der Waals surface area (Å²) in [6.45, 7) is 6.61. The van der Waals surface area contributed by atoms with Crippen molar-refractivity contribution in [1.82, 2.24) is 14.7 Å². The maximum atomic E-state index is 14.4. The van der Waals surface area contributed by atoms with E-state index in [4.69, 9.17) is 4.74 Å². The van der Waals surface area contributed by atoms with Gasteiger partial charge in [0.25, 0.3) is 0 Å². The average molecular weight is 394 g/mol. The summed E-state index contributed by atoms with van der Waals surface area (Å²) >= 11 is 0. The summed E-state index contributed by atoms with van der Waals surface area (Å²) in [5.41, 5.74) is 0.659. The highest BCUT2D eigenvalue weighted by atomic mass is 19.1. The Morgan fingerprint density at radius 2 is 2.00 bits per heavy atom. The summed E-state index contributed by atoms with van der Waals surface area (Å²) in [6, 6.07) is 5.69. The molecule has 7 heteroatoms. The predicted molar refractivity (Wildman–Crippen MR) is 106 cm³/mol. The Labute approximate surface area is 166 Å². The Balaban J connectivity index is 1.60. The van der Waals surface area contributed by atoms with Crippen molar-refractivity contribution >= 4 is 5.91 Å². The number of aliphatic hydroxyl groups excluding tert-OH is 1. The van der Waals surface area contributed by atoms with Crippen LogP contribution < -0.4 is 4.74 Å².